The minimum Gasteiger partial charge on any atom is -0.489 e. The number of hydrogen-bond donors (Lipinski definition) is 1. The monoisotopic (exact) mass is 290 g/mol. The number of carbonyl (C=O) groups is 1. The van der Waals surface area contributed by atoms with Gasteiger partial charge in [0.2, 0.25) is 0 Å². The first kappa shape index (κ1) is 14.4. The van der Waals surface area contributed by atoms with E-state index < -0.39 is 5.97 Å². The van der Waals surface area contributed by atoms with Gasteiger partial charge in [0.15, 0.2) is 0 Å². The maximum absolute atomic E-state index is 10.9. The molecule has 0 spiro atoms. The Balaban J connectivity index is 2.21. The van der Waals surface area contributed by atoms with Gasteiger partial charge in [0.25, 0.3) is 0 Å². The highest BCUT2D eigenvalue weighted by atomic mass is 35.5. The lowest BCUT2D eigenvalue weighted by molar-refractivity contribution is -0.136. The van der Waals surface area contributed by atoms with Crippen molar-refractivity contribution in [2.45, 2.75) is 20.0 Å². The van der Waals surface area contributed by atoms with E-state index in [-0.39, 0.29) is 6.42 Å². The average Bonchev–Trinajstić information content (AvgIpc) is 2.42. The molecule has 0 aromatic heterocycles. The third kappa shape index (κ3) is 3.75. The molecular formula is C16H15ClO3. The highest BCUT2D eigenvalue weighted by molar-refractivity contribution is 6.31. The molecule has 0 amide bonds. The van der Waals surface area contributed by atoms with Crippen molar-refractivity contribution >= 4 is 17.6 Å². The standard InChI is InChI=1S/C16H15ClO3/c1-11-7-15(13(8-14(11)17)9-16(18)19)20-10-12-5-3-2-4-6-12/h2-8H,9-10H2,1H3,(H,18,19). The van der Waals surface area contributed by atoms with Gasteiger partial charge in [-0.15, -0.1) is 0 Å². The number of carboxylic acids is 1. The van der Waals surface area contributed by atoms with Crippen molar-refractivity contribution in [3.05, 3.63) is 64.2 Å². The molecule has 0 saturated heterocycles. The summed E-state index contributed by atoms with van der Waals surface area (Å²) in [5, 5.41) is 9.49. The number of hydrogen-bond acceptors (Lipinski definition) is 2. The molecule has 3 nitrogen and oxygen atoms in total. The van der Waals surface area contributed by atoms with Crippen LogP contribution in [0.4, 0.5) is 0 Å². The van der Waals surface area contributed by atoms with Crippen molar-refractivity contribution in [1.82, 2.24) is 0 Å². The molecule has 0 aliphatic carbocycles. The zero-order valence-corrected chi connectivity index (χ0v) is 11.9. The minimum absolute atomic E-state index is 0.107. The highest BCUT2D eigenvalue weighted by Gasteiger charge is 2.11. The molecule has 0 atom stereocenters. The molecule has 0 saturated carbocycles. The van der Waals surface area contributed by atoms with Gasteiger partial charge in [-0.2, -0.15) is 0 Å². The van der Waals surface area contributed by atoms with Crippen LogP contribution in [-0.2, 0) is 17.8 Å². The van der Waals surface area contributed by atoms with Crippen LogP contribution in [0.3, 0.4) is 0 Å². The van der Waals surface area contributed by atoms with E-state index in [1.54, 1.807) is 12.1 Å². The predicted molar refractivity (Wildman–Crippen MR) is 78.3 cm³/mol. The van der Waals surface area contributed by atoms with Crippen LogP contribution in [0, 0.1) is 6.92 Å². The fourth-order valence-electron chi connectivity index (χ4n) is 1.87. The quantitative estimate of drug-likeness (QED) is 0.909. The molecule has 0 unspecified atom stereocenters. The largest absolute Gasteiger partial charge is 0.489 e. The topological polar surface area (TPSA) is 46.5 Å². The summed E-state index contributed by atoms with van der Waals surface area (Å²) < 4.78 is 5.74. The lowest BCUT2D eigenvalue weighted by atomic mass is 10.1. The van der Waals surface area contributed by atoms with Gasteiger partial charge in [0.05, 0.1) is 6.42 Å². The van der Waals surface area contributed by atoms with E-state index in [9.17, 15) is 4.79 Å². The van der Waals surface area contributed by atoms with E-state index in [2.05, 4.69) is 0 Å². The number of halogens is 1. The Morgan fingerprint density at radius 2 is 1.95 bits per heavy atom. The Kier molecular flexibility index (Phi) is 4.64. The molecule has 0 bridgehead atoms. The molecule has 2 rings (SSSR count). The van der Waals surface area contributed by atoms with Crippen LogP contribution in [-0.4, -0.2) is 11.1 Å². The lowest BCUT2D eigenvalue weighted by Gasteiger charge is -2.12. The van der Waals surface area contributed by atoms with Gasteiger partial charge < -0.3 is 9.84 Å². The van der Waals surface area contributed by atoms with Gasteiger partial charge in [0.1, 0.15) is 12.4 Å². The summed E-state index contributed by atoms with van der Waals surface area (Å²) in [5.74, 6) is -0.340. The third-order valence-corrected chi connectivity index (χ3v) is 3.33. The molecule has 0 radical (unpaired) electrons. The van der Waals surface area contributed by atoms with E-state index in [0.717, 1.165) is 11.1 Å². The second kappa shape index (κ2) is 6.44. The highest BCUT2D eigenvalue weighted by Crippen LogP contribution is 2.28. The summed E-state index contributed by atoms with van der Waals surface area (Å²) in [6.45, 7) is 2.26. The number of rotatable bonds is 5. The van der Waals surface area contributed by atoms with Crippen molar-refractivity contribution in [1.29, 1.82) is 0 Å². The summed E-state index contributed by atoms with van der Waals surface area (Å²) >= 11 is 6.04. The van der Waals surface area contributed by atoms with Crippen molar-refractivity contribution < 1.29 is 14.6 Å². The Bertz CT molecular complexity index is 609. The Labute approximate surface area is 122 Å². The van der Waals surface area contributed by atoms with Crippen molar-refractivity contribution in [2.75, 3.05) is 0 Å². The van der Waals surface area contributed by atoms with E-state index in [1.165, 1.54) is 0 Å². The normalized spacial score (nSPS) is 10.3. The van der Waals surface area contributed by atoms with Gasteiger partial charge in [-0.25, -0.2) is 0 Å². The van der Waals surface area contributed by atoms with Crippen LogP contribution in [0.2, 0.25) is 5.02 Å². The van der Waals surface area contributed by atoms with Crippen molar-refractivity contribution in [2.24, 2.45) is 0 Å². The smallest absolute Gasteiger partial charge is 0.307 e. The molecule has 0 aliphatic rings. The minimum atomic E-state index is -0.908. The summed E-state index contributed by atoms with van der Waals surface area (Å²) in [5.41, 5.74) is 2.48. The number of benzene rings is 2. The Hall–Kier alpha value is -2.00. The number of carboxylic acid groups (broad SMARTS) is 1. The average molecular weight is 291 g/mol. The van der Waals surface area contributed by atoms with Crippen LogP contribution < -0.4 is 4.74 Å². The molecule has 2 aromatic rings. The van der Waals surface area contributed by atoms with E-state index in [1.807, 2.05) is 37.3 Å². The summed E-state index contributed by atoms with van der Waals surface area (Å²) in [4.78, 5) is 10.9. The van der Waals surface area contributed by atoms with Gasteiger partial charge in [-0.1, -0.05) is 41.9 Å². The van der Waals surface area contributed by atoms with Crippen LogP contribution in [0.1, 0.15) is 16.7 Å². The van der Waals surface area contributed by atoms with Crippen molar-refractivity contribution in [3.63, 3.8) is 0 Å². The zero-order valence-electron chi connectivity index (χ0n) is 11.1. The van der Waals surface area contributed by atoms with Crippen molar-refractivity contribution in [3.8, 4) is 5.75 Å². The molecule has 20 heavy (non-hydrogen) atoms. The maximum atomic E-state index is 10.9. The van der Waals surface area contributed by atoms with Gasteiger partial charge in [-0.3, -0.25) is 4.79 Å². The van der Waals surface area contributed by atoms with E-state index in [4.69, 9.17) is 21.4 Å². The second-order valence-corrected chi connectivity index (χ2v) is 4.96. The third-order valence-electron chi connectivity index (χ3n) is 2.92. The fraction of sp³-hybridized carbons (Fsp3) is 0.188. The summed E-state index contributed by atoms with van der Waals surface area (Å²) in [7, 11) is 0. The first-order chi connectivity index (χ1) is 9.56. The maximum Gasteiger partial charge on any atom is 0.307 e. The molecule has 4 heteroatoms. The molecule has 0 heterocycles. The lowest BCUT2D eigenvalue weighted by Crippen LogP contribution is -2.05. The number of aliphatic carboxylic acids is 1. The first-order valence-electron chi connectivity index (χ1n) is 6.24. The van der Waals surface area contributed by atoms with Gasteiger partial charge in [0, 0.05) is 10.6 Å². The second-order valence-electron chi connectivity index (χ2n) is 4.55. The van der Waals surface area contributed by atoms with E-state index >= 15 is 0 Å². The molecule has 104 valence electrons. The summed E-state index contributed by atoms with van der Waals surface area (Å²) in [6, 6.07) is 13.2. The molecular weight excluding hydrogens is 276 g/mol. The first-order valence-corrected chi connectivity index (χ1v) is 6.61. The molecule has 2 aromatic carbocycles. The predicted octanol–water partition coefficient (Wildman–Crippen LogP) is 3.85. The number of aryl methyl sites for hydroxylation is 1. The molecule has 0 fully saturated rings. The fourth-order valence-corrected chi connectivity index (χ4v) is 2.05. The van der Waals surface area contributed by atoms with Gasteiger partial charge in [-0.05, 0) is 30.2 Å². The van der Waals surface area contributed by atoms with Crippen LogP contribution in [0.15, 0.2) is 42.5 Å². The van der Waals surface area contributed by atoms with Crippen LogP contribution >= 0.6 is 11.6 Å². The van der Waals surface area contributed by atoms with Crippen LogP contribution in [0.5, 0.6) is 5.75 Å². The van der Waals surface area contributed by atoms with E-state index in [0.29, 0.717) is 22.9 Å². The van der Waals surface area contributed by atoms with Gasteiger partial charge >= 0.3 is 5.97 Å². The molecule has 0 aliphatic heterocycles. The Morgan fingerprint density at radius 1 is 1.25 bits per heavy atom. The Morgan fingerprint density at radius 3 is 2.60 bits per heavy atom. The summed E-state index contributed by atoms with van der Waals surface area (Å²) in [6.07, 6.45) is -0.107. The van der Waals surface area contributed by atoms with Crippen LogP contribution in [0.25, 0.3) is 0 Å². The zero-order chi connectivity index (χ0) is 14.5. The molecule has 1 N–H and O–H groups in total. The SMILES string of the molecule is Cc1cc(OCc2ccccc2)c(CC(=O)O)cc1Cl. The number of ether oxygens (including phenoxy) is 1.